The third-order valence-electron chi connectivity index (χ3n) is 5.51. The second-order valence-corrected chi connectivity index (χ2v) is 8.44. The van der Waals surface area contributed by atoms with Crippen LogP contribution in [0.4, 0.5) is 0 Å². The van der Waals surface area contributed by atoms with Gasteiger partial charge in [-0.1, -0.05) is 26.0 Å². The number of nitrogens with zero attached hydrogens (tertiary/aromatic N) is 1. The smallest absolute Gasteiger partial charge is 0.399 e. The van der Waals surface area contributed by atoms with E-state index in [-0.39, 0.29) is 22.5 Å². The van der Waals surface area contributed by atoms with Crippen molar-refractivity contribution >= 4 is 18.5 Å². The Morgan fingerprint density at radius 1 is 1.04 bits per heavy atom. The third-order valence-corrected chi connectivity index (χ3v) is 5.51. The van der Waals surface area contributed by atoms with Crippen LogP contribution in [0.2, 0.25) is 0 Å². The van der Waals surface area contributed by atoms with Gasteiger partial charge in [0.05, 0.1) is 11.2 Å². The standard InChI is InChI=1S/C18H26BNO3/c1-16(2)11-20(7)15(21)13-10-12(8-9-14(13)16)19-22-17(3,4)18(5,6)23-19/h8-10H,11H2,1-7H3. The highest BCUT2D eigenvalue weighted by atomic mass is 16.7. The van der Waals surface area contributed by atoms with E-state index in [0.29, 0.717) is 0 Å². The third kappa shape index (κ3) is 2.50. The first-order valence-electron chi connectivity index (χ1n) is 8.20. The first-order valence-corrected chi connectivity index (χ1v) is 8.20. The van der Waals surface area contributed by atoms with Gasteiger partial charge in [0.1, 0.15) is 0 Å². The van der Waals surface area contributed by atoms with E-state index >= 15 is 0 Å². The van der Waals surface area contributed by atoms with Crippen LogP contribution in [0, 0.1) is 0 Å². The molecule has 2 aliphatic heterocycles. The molecule has 23 heavy (non-hydrogen) atoms. The lowest BCUT2D eigenvalue weighted by Crippen LogP contribution is -2.46. The predicted molar refractivity (Wildman–Crippen MR) is 92.1 cm³/mol. The van der Waals surface area contributed by atoms with Crippen LogP contribution in [-0.4, -0.2) is 42.7 Å². The van der Waals surface area contributed by atoms with E-state index in [1.807, 2.05) is 46.9 Å². The Labute approximate surface area is 139 Å². The Hall–Kier alpha value is -1.33. The zero-order valence-electron chi connectivity index (χ0n) is 15.2. The Kier molecular flexibility index (Phi) is 3.48. The van der Waals surface area contributed by atoms with Gasteiger partial charge in [-0.3, -0.25) is 4.79 Å². The highest BCUT2D eigenvalue weighted by Gasteiger charge is 2.52. The van der Waals surface area contributed by atoms with Crippen molar-refractivity contribution in [1.29, 1.82) is 0 Å². The summed E-state index contributed by atoms with van der Waals surface area (Å²) in [6.45, 7) is 13.2. The van der Waals surface area contributed by atoms with Crippen LogP contribution in [0.5, 0.6) is 0 Å². The molecule has 0 N–H and O–H groups in total. The lowest BCUT2D eigenvalue weighted by atomic mass is 9.72. The molecule has 2 heterocycles. The quantitative estimate of drug-likeness (QED) is 0.747. The molecule has 1 saturated heterocycles. The Bertz CT molecular complexity index is 650. The van der Waals surface area contributed by atoms with E-state index in [9.17, 15) is 4.79 Å². The molecule has 0 aromatic heterocycles. The molecule has 3 rings (SSSR count). The molecule has 1 aromatic rings. The van der Waals surface area contributed by atoms with Gasteiger partial charge >= 0.3 is 7.12 Å². The van der Waals surface area contributed by atoms with Crippen molar-refractivity contribution in [3.63, 3.8) is 0 Å². The van der Waals surface area contributed by atoms with Crippen molar-refractivity contribution in [3.05, 3.63) is 29.3 Å². The van der Waals surface area contributed by atoms with Gasteiger partial charge in [-0.25, -0.2) is 0 Å². The molecule has 124 valence electrons. The van der Waals surface area contributed by atoms with Crippen LogP contribution in [0.15, 0.2) is 18.2 Å². The van der Waals surface area contributed by atoms with E-state index in [2.05, 4.69) is 19.9 Å². The number of amides is 1. The van der Waals surface area contributed by atoms with Crippen LogP contribution in [0.3, 0.4) is 0 Å². The van der Waals surface area contributed by atoms with Gasteiger partial charge in [0.2, 0.25) is 0 Å². The van der Waals surface area contributed by atoms with Gasteiger partial charge < -0.3 is 14.2 Å². The van der Waals surface area contributed by atoms with E-state index in [1.165, 1.54) is 0 Å². The normalized spacial score (nSPS) is 24.7. The summed E-state index contributed by atoms with van der Waals surface area (Å²) in [6, 6.07) is 6.03. The zero-order valence-corrected chi connectivity index (χ0v) is 15.2. The maximum Gasteiger partial charge on any atom is 0.494 e. The van der Waals surface area contributed by atoms with Crippen molar-refractivity contribution in [2.24, 2.45) is 0 Å². The van der Waals surface area contributed by atoms with Crippen molar-refractivity contribution < 1.29 is 14.1 Å². The predicted octanol–water partition coefficient (Wildman–Crippen LogP) is 2.35. The molecule has 1 amide bonds. The van der Waals surface area contributed by atoms with E-state index < -0.39 is 7.12 Å². The number of rotatable bonds is 1. The SMILES string of the molecule is CN1CC(C)(C)c2ccc(B3OC(C)(C)C(C)(C)O3)cc2C1=O. The van der Waals surface area contributed by atoms with Crippen molar-refractivity contribution in [2.45, 2.75) is 58.2 Å². The molecule has 4 nitrogen and oxygen atoms in total. The Morgan fingerprint density at radius 3 is 2.17 bits per heavy atom. The van der Waals surface area contributed by atoms with Gasteiger partial charge in [-0.2, -0.15) is 0 Å². The van der Waals surface area contributed by atoms with Crippen molar-refractivity contribution in [1.82, 2.24) is 4.90 Å². The van der Waals surface area contributed by atoms with Crippen LogP contribution >= 0.6 is 0 Å². The molecular formula is C18H26BNO3. The monoisotopic (exact) mass is 315 g/mol. The second kappa shape index (κ2) is 4.84. The summed E-state index contributed by atoms with van der Waals surface area (Å²) < 4.78 is 12.2. The highest BCUT2D eigenvalue weighted by Crippen LogP contribution is 2.37. The van der Waals surface area contributed by atoms with Crippen LogP contribution < -0.4 is 5.46 Å². The molecule has 0 unspecified atom stereocenters. The molecule has 0 bridgehead atoms. The lowest BCUT2D eigenvalue weighted by molar-refractivity contribution is 0.00578. The summed E-state index contributed by atoms with van der Waals surface area (Å²) in [6.07, 6.45) is 0. The van der Waals surface area contributed by atoms with Crippen molar-refractivity contribution in [2.75, 3.05) is 13.6 Å². The van der Waals surface area contributed by atoms with Crippen LogP contribution in [0.1, 0.15) is 57.5 Å². The average Bonchev–Trinajstić information content (AvgIpc) is 2.64. The topological polar surface area (TPSA) is 38.8 Å². The maximum atomic E-state index is 12.6. The number of hydrogen-bond acceptors (Lipinski definition) is 3. The molecule has 2 aliphatic rings. The fraction of sp³-hybridized carbons (Fsp3) is 0.611. The molecule has 1 fully saturated rings. The lowest BCUT2D eigenvalue weighted by Gasteiger charge is -2.37. The minimum atomic E-state index is -0.437. The summed E-state index contributed by atoms with van der Waals surface area (Å²) in [7, 11) is 1.42. The Morgan fingerprint density at radius 2 is 1.61 bits per heavy atom. The molecule has 0 atom stereocenters. The molecule has 1 aromatic carbocycles. The van der Waals surface area contributed by atoms with Gasteiger partial charge in [0.15, 0.2) is 0 Å². The average molecular weight is 315 g/mol. The minimum absolute atomic E-state index is 0.0492. The van der Waals surface area contributed by atoms with Crippen LogP contribution in [-0.2, 0) is 14.7 Å². The zero-order chi connectivity index (χ0) is 17.2. The minimum Gasteiger partial charge on any atom is -0.399 e. The van der Waals surface area contributed by atoms with Crippen molar-refractivity contribution in [3.8, 4) is 0 Å². The van der Waals surface area contributed by atoms with Gasteiger partial charge in [0.25, 0.3) is 5.91 Å². The first kappa shape index (κ1) is 16.5. The van der Waals surface area contributed by atoms with E-state index in [1.54, 1.807) is 4.90 Å². The Balaban J connectivity index is 2.01. The number of carbonyl (C=O) groups excluding carboxylic acids is 1. The number of carbonyl (C=O) groups is 1. The molecule has 0 saturated carbocycles. The summed E-state index contributed by atoms with van der Waals surface area (Å²) in [5, 5.41) is 0. The second-order valence-electron chi connectivity index (χ2n) is 8.44. The fourth-order valence-corrected chi connectivity index (χ4v) is 3.41. The number of hydrogen-bond donors (Lipinski definition) is 0. The number of benzene rings is 1. The molecule has 0 spiro atoms. The molecule has 5 heteroatoms. The van der Waals surface area contributed by atoms with Gasteiger partial charge in [0, 0.05) is 24.6 Å². The van der Waals surface area contributed by atoms with Crippen LogP contribution in [0.25, 0.3) is 0 Å². The largest absolute Gasteiger partial charge is 0.494 e. The highest BCUT2D eigenvalue weighted by molar-refractivity contribution is 6.62. The van der Waals surface area contributed by atoms with Gasteiger partial charge in [-0.15, -0.1) is 0 Å². The summed E-state index contributed by atoms with van der Waals surface area (Å²) in [5.41, 5.74) is 1.95. The molecule has 0 radical (unpaired) electrons. The fourth-order valence-electron chi connectivity index (χ4n) is 3.41. The van der Waals surface area contributed by atoms with E-state index in [4.69, 9.17) is 9.31 Å². The summed E-state index contributed by atoms with van der Waals surface area (Å²) in [5.74, 6) is 0.0673. The summed E-state index contributed by atoms with van der Waals surface area (Å²) >= 11 is 0. The maximum absolute atomic E-state index is 12.6. The van der Waals surface area contributed by atoms with Gasteiger partial charge in [-0.05, 0) is 44.8 Å². The first-order chi connectivity index (χ1) is 10.4. The van der Waals surface area contributed by atoms with E-state index in [0.717, 1.165) is 23.1 Å². The molecule has 0 aliphatic carbocycles. The molecular weight excluding hydrogens is 289 g/mol. The number of fused-ring (bicyclic) bond motifs is 1. The summed E-state index contributed by atoms with van der Waals surface area (Å²) in [4.78, 5) is 14.4. The number of likely N-dealkylation sites (N-methyl/N-ethyl adjacent to an activating group) is 1.